The van der Waals surface area contributed by atoms with Crippen LogP contribution in [0.15, 0.2) is 28.9 Å². The fraction of sp³-hybridized carbons (Fsp3) is 0.517. The van der Waals surface area contributed by atoms with E-state index in [2.05, 4.69) is 71.2 Å². The molecule has 0 heterocycles. The van der Waals surface area contributed by atoms with Gasteiger partial charge >= 0.3 is 5.97 Å². The third-order valence-electron chi connectivity index (χ3n) is 7.13. The fourth-order valence-corrected chi connectivity index (χ4v) is 10.9. The normalized spacial score (nSPS) is 16.1. The summed E-state index contributed by atoms with van der Waals surface area (Å²) in [5, 5.41) is 13.7. The Labute approximate surface area is 207 Å². The Morgan fingerprint density at radius 1 is 1.09 bits per heavy atom. The van der Waals surface area contributed by atoms with Crippen LogP contribution in [0.25, 0.3) is 11.6 Å². The van der Waals surface area contributed by atoms with Crippen LogP contribution >= 0.6 is 0 Å². The Morgan fingerprint density at radius 3 is 2.24 bits per heavy atom. The van der Waals surface area contributed by atoms with Crippen LogP contribution in [0.5, 0.6) is 0 Å². The first-order valence-corrected chi connectivity index (χ1v) is 14.6. The Hall–Kier alpha value is -2.58. The molecule has 0 spiro atoms. The van der Waals surface area contributed by atoms with Crippen molar-refractivity contribution in [1.29, 1.82) is 0 Å². The molecule has 0 saturated carbocycles. The second-order valence-electron chi connectivity index (χ2n) is 10.3. The first-order chi connectivity index (χ1) is 15.9. The second-order valence-corrected chi connectivity index (χ2v) is 15.9. The molecule has 1 aliphatic carbocycles. The van der Waals surface area contributed by atoms with E-state index in [9.17, 15) is 9.90 Å². The largest absolute Gasteiger partial charge is 0.478 e. The summed E-state index contributed by atoms with van der Waals surface area (Å²) in [6.07, 6.45) is 5.72. The summed E-state index contributed by atoms with van der Waals surface area (Å²) in [6, 6.07) is 4.18. The van der Waals surface area contributed by atoms with Gasteiger partial charge in [0.25, 0.3) is 0 Å². The van der Waals surface area contributed by atoms with E-state index in [1.165, 1.54) is 11.6 Å². The number of carbonyl (C=O) groups is 1. The molecule has 0 bridgehead atoms. The Bertz CT molecular complexity index is 1040. The van der Waals surface area contributed by atoms with E-state index in [1.54, 1.807) is 13.2 Å². The van der Waals surface area contributed by atoms with Crippen molar-refractivity contribution in [3.8, 4) is 11.5 Å². The summed E-state index contributed by atoms with van der Waals surface area (Å²) in [7, 11) is -0.374. The number of aryl methyl sites for hydroxylation is 1. The van der Waals surface area contributed by atoms with Crippen LogP contribution < -0.4 is 0 Å². The third-order valence-corrected chi connectivity index (χ3v) is 13.4. The van der Waals surface area contributed by atoms with E-state index < -0.39 is 14.0 Å². The van der Waals surface area contributed by atoms with Gasteiger partial charge in [0.05, 0.1) is 5.71 Å². The lowest BCUT2D eigenvalue weighted by atomic mass is 9.82. The van der Waals surface area contributed by atoms with Gasteiger partial charge in [0.15, 0.2) is 0 Å². The molecule has 0 amide bonds. The molecule has 184 valence electrons. The molecule has 0 unspecified atom stereocenters. The number of carboxylic acid groups (broad SMARTS) is 1. The van der Waals surface area contributed by atoms with Crippen LogP contribution in [0.3, 0.4) is 0 Å². The van der Waals surface area contributed by atoms with E-state index in [4.69, 9.17) is 4.84 Å². The van der Waals surface area contributed by atoms with E-state index >= 15 is 0 Å². The molecular formula is C29H41NO3Si. The highest BCUT2D eigenvalue weighted by atomic mass is 28.3. The molecule has 5 heteroatoms. The molecule has 1 aromatic carbocycles. The molecule has 34 heavy (non-hydrogen) atoms. The zero-order chi connectivity index (χ0) is 25.6. The molecule has 2 rings (SSSR count). The fourth-order valence-electron chi connectivity index (χ4n) is 5.67. The van der Waals surface area contributed by atoms with Crippen LogP contribution in [-0.4, -0.2) is 32.0 Å². The minimum atomic E-state index is -1.95. The molecule has 4 nitrogen and oxygen atoms in total. The first-order valence-electron chi connectivity index (χ1n) is 12.3. The Balaban J connectivity index is 2.95. The van der Waals surface area contributed by atoms with Crippen molar-refractivity contribution in [1.82, 2.24) is 0 Å². The summed E-state index contributed by atoms with van der Waals surface area (Å²) >= 11 is 0. The lowest BCUT2D eigenvalue weighted by Crippen LogP contribution is -2.43. The standard InChI is InChI=1S/C29H41NO3Si/c1-19(2)34(20(3)4,21(5)6)16-15-25-18-22(7)17-24(13-14-27(31)32)29(25)28-23(8)11-10-12-26(28)30-33-9/h13-14,17-21H,10-12H2,1-9H3,(H,31,32). The number of hydrogen-bond acceptors (Lipinski definition) is 3. The number of hydrogen-bond donors (Lipinski definition) is 1. The molecule has 0 radical (unpaired) electrons. The Kier molecular flexibility index (Phi) is 9.52. The van der Waals surface area contributed by atoms with Gasteiger partial charge in [0.1, 0.15) is 15.2 Å². The summed E-state index contributed by atoms with van der Waals surface area (Å²) in [4.78, 5) is 16.6. The lowest BCUT2D eigenvalue weighted by molar-refractivity contribution is -0.131. The number of carboxylic acids is 1. The number of rotatable bonds is 7. The predicted octanol–water partition coefficient (Wildman–Crippen LogP) is 7.62. The SMILES string of the molecule is CON=C1CCCC(C)=C1c1c(C#C[Si](C(C)C)(C(C)C)C(C)C)cc(C)cc1C=CC(=O)O. The van der Waals surface area contributed by atoms with E-state index in [0.717, 1.165) is 52.8 Å². The average molecular weight is 480 g/mol. The van der Waals surface area contributed by atoms with Gasteiger partial charge in [-0.25, -0.2) is 4.79 Å². The smallest absolute Gasteiger partial charge is 0.328 e. The van der Waals surface area contributed by atoms with Crippen molar-refractivity contribution >= 4 is 31.4 Å². The molecule has 0 aromatic heterocycles. The molecule has 0 atom stereocenters. The monoisotopic (exact) mass is 479 g/mol. The lowest BCUT2D eigenvalue weighted by Gasteiger charge is -2.38. The Morgan fingerprint density at radius 2 is 1.71 bits per heavy atom. The maximum absolute atomic E-state index is 11.4. The topological polar surface area (TPSA) is 58.9 Å². The van der Waals surface area contributed by atoms with Crippen LogP contribution in [0.4, 0.5) is 0 Å². The summed E-state index contributed by atoms with van der Waals surface area (Å²) in [5.41, 5.74) is 12.5. The molecule has 1 aliphatic rings. The van der Waals surface area contributed by atoms with E-state index in [-0.39, 0.29) is 0 Å². The number of aliphatic carboxylic acids is 1. The van der Waals surface area contributed by atoms with Crippen LogP contribution in [0.2, 0.25) is 16.6 Å². The highest BCUT2D eigenvalue weighted by molar-refractivity contribution is 6.90. The third kappa shape index (κ3) is 5.91. The minimum absolute atomic E-state index is 0.529. The number of oxime groups is 1. The highest BCUT2D eigenvalue weighted by Gasteiger charge is 2.41. The first kappa shape index (κ1) is 27.7. The van der Waals surface area contributed by atoms with Crippen molar-refractivity contribution in [3.63, 3.8) is 0 Å². The van der Waals surface area contributed by atoms with E-state index in [1.807, 2.05) is 13.0 Å². The second kappa shape index (κ2) is 11.7. The van der Waals surface area contributed by atoms with Gasteiger partial charge in [0, 0.05) is 22.8 Å². The quantitative estimate of drug-likeness (QED) is 0.189. The molecule has 1 aromatic rings. The van der Waals surface area contributed by atoms with Crippen molar-refractivity contribution in [3.05, 3.63) is 46.0 Å². The van der Waals surface area contributed by atoms with Gasteiger partial charge in [-0.2, -0.15) is 0 Å². The van der Waals surface area contributed by atoms with Gasteiger partial charge in [-0.1, -0.05) is 64.3 Å². The summed E-state index contributed by atoms with van der Waals surface area (Å²) in [6.45, 7) is 18.1. The van der Waals surface area contributed by atoms with Crippen molar-refractivity contribution < 1.29 is 14.7 Å². The van der Waals surface area contributed by atoms with Gasteiger partial charge in [-0.15, -0.1) is 5.54 Å². The maximum atomic E-state index is 11.4. The minimum Gasteiger partial charge on any atom is -0.478 e. The molecule has 1 N–H and O–H groups in total. The summed E-state index contributed by atoms with van der Waals surface area (Å²) < 4.78 is 0. The number of benzene rings is 1. The predicted molar refractivity (Wildman–Crippen MR) is 147 cm³/mol. The molecular weight excluding hydrogens is 438 g/mol. The van der Waals surface area contributed by atoms with Crippen molar-refractivity contribution in [2.75, 3.05) is 7.11 Å². The van der Waals surface area contributed by atoms with Gasteiger partial charge in [-0.05, 0) is 73.0 Å². The zero-order valence-electron chi connectivity index (χ0n) is 22.4. The van der Waals surface area contributed by atoms with Gasteiger partial charge in [0.2, 0.25) is 0 Å². The summed E-state index contributed by atoms with van der Waals surface area (Å²) in [5.74, 6) is 2.68. The van der Waals surface area contributed by atoms with Crippen molar-refractivity contribution in [2.24, 2.45) is 5.16 Å². The number of nitrogens with zero attached hydrogens (tertiary/aromatic N) is 1. The van der Waals surface area contributed by atoms with Crippen molar-refractivity contribution in [2.45, 2.75) is 91.3 Å². The van der Waals surface area contributed by atoms with Crippen LogP contribution in [-0.2, 0) is 9.63 Å². The van der Waals surface area contributed by atoms with Crippen LogP contribution in [0.1, 0.15) is 90.0 Å². The molecule has 0 saturated heterocycles. The number of allylic oxidation sites excluding steroid dienone is 2. The molecule has 0 fully saturated rings. The molecule has 0 aliphatic heterocycles. The van der Waals surface area contributed by atoms with Gasteiger partial charge in [-0.3, -0.25) is 0 Å². The van der Waals surface area contributed by atoms with Crippen LogP contribution in [0, 0.1) is 18.4 Å². The zero-order valence-corrected chi connectivity index (χ0v) is 23.4. The average Bonchev–Trinajstić information content (AvgIpc) is 2.73. The highest BCUT2D eigenvalue weighted by Crippen LogP contribution is 2.41. The maximum Gasteiger partial charge on any atom is 0.328 e. The van der Waals surface area contributed by atoms with Gasteiger partial charge < -0.3 is 9.94 Å². The van der Waals surface area contributed by atoms with E-state index in [0.29, 0.717) is 16.6 Å².